The van der Waals surface area contributed by atoms with Crippen molar-refractivity contribution in [2.75, 3.05) is 0 Å². The summed E-state index contributed by atoms with van der Waals surface area (Å²) in [5.41, 5.74) is 3.76. The highest BCUT2D eigenvalue weighted by atomic mass is 15.0. The van der Waals surface area contributed by atoms with E-state index in [1.54, 1.807) is 0 Å². The molecule has 0 radical (unpaired) electrons. The first-order valence-corrected chi connectivity index (χ1v) is 7.39. The minimum Gasteiger partial charge on any atom is -0.344 e. The molecule has 2 nitrogen and oxygen atoms in total. The summed E-state index contributed by atoms with van der Waals surface area (Å²) < 4.78 is 4.46. The predicted molar refractivity (Wildman–Crippen MR) is 88.9 cm³/mol. The lowest BCUT2D eigenvalue weighted by Gasteiger charge is -2.08. The fraction of sp³-hybridized carbons (Fsp3) is 0.211. The van der Waals surface area contributed by atoms with Crippen LogP contribution in [0.15, 0.2) is 54.9 Å². The average Bonchev–Trinajstić information content (AvgIpc) is 2.86. The summed E-state index contributed by atoms with van der Waals surface area (Å²) in [5.74, 6) is 0. The molecule has 1 aromatic carbocycles. The van der Waals surface area contributed by atoms with E-state index in [1.165, 1.54) is 22.2 Å². The van der Waals surface area contributed by atoms with Gasteiger partial charge in [0.15, 0.2) is 6.20 Å². The SMILES string of the molecule is CC(C)n1cc(/C=C/c2cccc[n+]2C)c2ccccc21. The summed E-state index contributed by atoms with van der Waals surface area (Å²) in [4.78, 5) is 0. The summed E-state index contributed by atoms with van der Waals surface area (Å²) in [5, 5.41) is 1.31. The molecule has 0 saturated carbocycles. The van der Waals surface area contributed by atoms with Crippen molar-refractivity contribution in [3.8, 4) is 0 Å². The third-order valence-corrected chi connectivity index (χ3v) is 3.86. The number of aromatic nitrogens is 2. The van der Waals surface area contributed by atoms with Gasteiger partial charge in [-0.25, -0.2) is 4.57 Å². The van der Waals surface area contributed by atoms with Gasteiger partial charge in [0.05, 0.1) is 0 Å². The first-order chi connectivity index (χ1) is 10.2. The van der Waals surface area contributed by atoms with Crippen LogP contribution in [0.25, 0.3) is 23.1 Å². The van der Waals surface area contributed by atoms with Gasteiger partial charge in [-0.2, -0.15) is 0 Å². The zero-order chi connectivity index (χ0) is 14.8. The van der Waals surface area contributed by atoms with Crippen molar-refractivity contribution in [2.45, 2.75) is 19.9 Å². The quantitative estimate of drug-likeness (QED) is 0.634. The van der Waals surface area contributed by atoms with Crippen LogP contribution in [0.1, 0.15) is 31.1 Å². The lowest BCUT2D eigenvalue weighted by atomic mass is 10.1. The molecule has 0 aliphatic rings. The molecule has 0 bridgehead atoms. The monoisotopic (exact) mass is 277 g/mol. The zero-order valence-corrected chi connectivity index (χ0v) is 12.8. The Labute approximate surface area is 126 Å². The Balaban J connectivity index is 2.07. The number of fused-ring (bicyclic) bond motifs is 1. The van der Waals surface area contributed by atoms with E-state index in [4.69, 9.17) is 0 Å². The van der Waals surface area contributed by atoms with Gasteiger partial charge in [0.1, 0.15) is 7.05 Å². The van der Waals surface area contributed by atoms with Crippen molar-refractivity contribution in [1.29, 1.82) is 0 Å². The third kappa shape index (κ3) is 2.62. The molecule has 21 heavy (non-hydrogen) atoms. The highest BCUT2D eigenvalue weighted by Crippen LogP contribution is 2.25. The fourth-order valence-electron chi connectivity index (χ4n) is 2.68. The summed E-state index contributed by atoms with van der Waals surface area (Å²) in [6.07, 6.45) is 8.69. The Hall–Kier alpha value is -2.35. The van der Waals surface area contributed by atoms with E-state index >= 15 is 0 Å². The molecule has 0 amide bonds. The van der Waals surface area contributed by atoms with Gasteiger partial charge < -0.3 is 4.57 Å². The van der Waals surface area contributed by atoms with Crippen molar-refractivity contribution in [1.82, 2.24) is 4.57 Å². The summed E-state index contributed by atoms with van der Waals surface area (Å²) in [6.45, 7) is 4.44. The molecule has 2 heterocycles. The smallest absolute Gasteiger partial charge is 0.204 e. The topological polar surface area (TPSA) is 8.81 Å². The number of aryl methyl sites for hydroxylation is 1. The summed E-state index contributed by atoms with van der Waals surface area (Å²) >= 11 is 0. The van der Waals surface area contributed by atoms with Gasteiger partial charge in [-0.1, -0.05) is 18.2 Å². The van der Waals surface area contributed by atoms with Crippen LogP contribution in [-0.2, 0) is 7.05 Å². The van der Waals surface area contributed by atoms with Gasteiger partial charge in [-0.05, 0) is 32.1 Å². The number of nitrogens with zero attached hydrogens (tertiary/aromatic N) is 2. The molecule has 2 aromatic heterocycles. The molecule has 0 spiro atoms. The van der Waals surface area contributed by atoms with E-state index in [-0.39, 0.29) is 0 Å². The van der Waals surface area contributed by atoms with Gasteiger partial charge in [0.25, 0.3) is 0 Å². The van der Waals surface area contributed by atoms with Crippen LogP contribution in [0.5, 0.6) is 0 Å². The van der Waals surface area contributed by atoms with Crippen LogP contribution < -0.4 is 4.57 Å². The van der Waals surface area contributed by atoms with Crippen LogP contribution in [0, 0.1) is 0 Å². The van der Waals surface area contributed by atoms with Gasteiger partial charge in [0, 0.05) is 46.9 Å². The van der Waals surface area contributed by atoms with Crippen LogP contribution in [0.3, 0.4) is 0 Å². The highest BCUT2D eigenvalue weighted by Gasteiger charge is 2.08. The molecule has 2 heteroatoms. The van der Waals surface area contributed by atoms with Gasteiger partial charge in [-0.3, -0.25) is 0 Å². The molecule has 3 aromatic rings. The maximum atomic E-state index is 2.33. The van der Waals surface area contributed by atoms with E-state index in [1.807, 2.05) is 6.07 Å². The summed E-state index contributed by atoms with van der Waals surface area (Å²) in [7, 11) is 2.07. The zero-order valence-electron chi connectivity index (χ0n) is 12.8. The number of para-hydroxylation sites is 1. The number of hydrogen-bond acceptors (Lipinski definition) is 0. The minimum atomic E-state index is 0.463. The van der Waals surface area contributed by atoms with Crippen molar-refractivity contribution >= 4 is 23.1 Å². The minimum absolute atomic E-state index is 0.463. The van der Waals surface area contributed by atoms with Gasteiger partial charge in [0.2, 0.25) is 5.69 Å². The Morgan fingerprint density at radius 3 is 2.52 bits per heavy atom. The van der Waals surface area contributed by atoms with E-state index in [0.29, 0.717) is 6.04 Å². The van der Waals surface area contributed by atoms with Crippen molar-refractivity contribution in [2.24, 2.45) is 7.05 Å². The highest BCUT2D eigenvalue weighted by molar-refractivity contribution is 5.91. The molecule has 0 aliphatic heterocycles. The molecule has 106 valence electrons. The van der Waals surface area contributed by atoms with Crippen LogP contribution in [-0.4, -0.2) is 4.57 Å². The first kappa shape index (κ1) is 13.6. The second-order valence-electron chi connectivity index (χ2n) is 5.67. The average molecular weight is 277 g/mol. The van der Waals surface area contributed by atoms with Gasteiger partial charge >= 0.3 is 0 Å². The van der Waals surface area contributed by atoms with Crippen LogP contribution in [0.2, 0.25) is 0 Å². The second-order valence-corrected chi connectivity index (χ2v) is 5.67. The Kier molecular flexibility index (Phi) is 3.61. The molecular formula is C19H21N2+. The largest absolute Gasteiger partial charge is 0.344 e. The molecule has 3 rings (SSSR count). The molecule has 0 N–H and O–H groups in total. The Morgan fingerprint density at radius 1 is 1.00 bits per heavy atom. The standard InChI is InChI=1S/C19H21N2/c1-15(2)21-14-16(18-9-4-5-10-19(18)21)11-12-17-8-6-7-13-20(17)3/h4-15H,1-3H3/q+1. The van der Waals surface area contributed by atoms with E-state index in [2.05, 4.69) is 91.0 Å². The summed E-state index contributed by atoms with van der Waals surface area (Å²) in [6, 6.07) is 15.3. The normalized spacial score (nSPS) is 11.8. The fourth-order valence-corrected chi connectivity index (χ4v) is 2.68. The van der Waals surface area contributed by atoms with Crippen molar-refractivity contribution in [3.63, 3.8) is 0 Å². The molecule has 0 atom stereocenters. The van der Waals surface area contributed by atoms with Gasteiger partial charge in [-0.15, -0.1) is 0 Å². The van der Waals surface area contributed by atoms with E-state index in [0.717, 1.165) is 0 Å². The Morgan fingerprint density at radius 2 is 1.76 bits per heavy atom. The lowest BCUT2D eigenvalue weighted by molar-refractivity contribution is -0.673. The molecule has 0 fully saturated rings. The van der Waals surface area contributed by atoms with E-state index in [9.17, 15) is 0 Å². The molecule has 0 saturated heterocycles. The lowest BCUT2D eigenvalue weighted by Crippen LogP contribution is -2.30. The molecule has 0 unspecified atom stereocenters. The first-order valence-electron chi connectivity index (χ1n) is 7.39. The van der Waals surface area contributed by atoms with Crippen molar-refractivity contribution < 1.29 is 4.57 Å². The van der Waals surface area contributed by atoms with E-state index < -0.39 is 0 Å². The number of benzene rings is 1. The predicted octanol–water partition coefficient (Wildman–Crippen LogP) is 4.22. The number of rotatable bonds is 3. The third-order valence-electron chi connectivity index (χ3n) is 3.86. The maximum absolute atomic E-state index is 2.33. The second kappa shape index (κ2) is 5.57. The molecular weight excluding hydrogens is 256 g/mol. The van der Waals surface area contributed by atoms with Crippen LogP contribution >= 0.6 is 0 Å². The maximum Gasteiger partial charge on any atom is 0.204 e. The number of hydrogen-bond donors (Lipinski definition) is 0. The number of pyridine rings is 1. The molecule has 0 aliphatic carbocycles. The van der Waals surface area contributed by atoms with Crippen LogP contribution in [0.4, 0.5) is 0 Å². The van der Waals surface area contributed by atoms with Crippen molar-refractivity contribution in [3.05, 3.63) is 66.1 Å². The Bertz CT molecular complexity index is 794.